The van der Waals surface area contributed by atoms with Gasteiger partial charge in [0.25, 0.3) is 0 Å². The largest absolute Gasteiger partial charge is 0.369 e. The third kappa shape index (κ3) is 2.37. The van der Waals surface area contributed by atoms with Crippen molar-refractivity contribution in [2.75, 3.05) is 25.4 Å². The maximum atomic E-state index is 6.14. The first kappa shape index (κ1) is 12.9. The van der Waals surface area contributed by atoms with Gasteiger partial charge in [-0.05, 0) is 44.1 Å². The first-order chi connectivity index (χ1) is 9.19. The predicted octanol–water partition coefficient (Wildman–Crippen LogP) is 3.04. The van der Waals surface area contributed by atoms with Gasteiger partial charge in [-0.25, -0.2) is 4.98 Å². The smallest absolute Gasteiger partial charge is 0.201 e. The molecular weight excluding hydrogens is 304 g/mol. The number of nitrogen functional groups attached to an aromatic ring is 1. The van der Waals surface area contributed by atoms with Gasteiger partial charge < -0.3 is 15.2 Å². The zero-order valence-corrected chi connectivity index (χ0v) is 12.7. The van der Waals surface area contributed by atoms with Gasteiger partial charge in [0.2, 0.25) is 5.95 Å². The number of benzene rings is 1. The molecule has 5 heteroatoms. The minimum atomic E-state index is 0.438. The number of aromatic nitrogens is 2. The van der Waals surface area contributed by atoms with Crippen molar-refractivity contribution in [2.45, 2.75) is 25.8 Å². The summed E-state index contributed by atoms with van der Waals surface area (Å²) in [5.41, 5.74) is 8.25. The third-order valence-electron chi connectivity index (χ3n) is 3.97. The summed E-state index contributed by atoms with van der Waals surface area (Å²) in [6, 6.07) is 6.59. The highest BCUT2D eigenvalue weighted by molar-refractivity contribution is 9.10. The van der Waals surface area contributed by atoms with Crippen LogP contribution in [0.1, 0.15) is 25.8 Å². The van der Waals surface area contributed by atoms with Crippen LogP contribution < -0.4 is 5.73 Å². The van der Waals surface area contributed by atoms with E-state index in [0.717, 1.165) is 28.6 Å². The number of hydrogen-bond acceptors (Lipinski definition) is 3. The topological polar surface area (TPSA) is 47.1 Å². The van der Waals surface area contributed by atoms with Crippen LogP contribution in [0, 0.1) is 0 Å². The molecule has 2 N–H and O–H groups in total. The maximum Gasteiger partial charge on any atom is 0.201 e. The number of piperidine rings is 1. The van der Waals surface area contributed by atoms with Crippen LogP contribution in [0.15, 0.2) is 22.7 Å². The van der Waals surface area contributed by atoms with Crippen molar-refractivity contribution in [1.82, 2.24) is 14.5 Å². The number of nitrogens with zero attached hydrogens (tertiary/aromatic N) is 3. The molecule has 1 aromatic heterocycles. The molecule has 0 spiro atoms. The van der Waals surface area contributed by atoms with Crippen LogP contribution in [-0.4, -0.2) is 34.1 Å². The lowest BCUT2D eigenvalue weighted by Gasteiger charge is -2.33. The van der Waals surface area contributed by atoms with Crippen LogP contribution >= 0.6 is 15.9 Å². The summed E-state index contributed by atoms with van der Waals surface area (Å²) in [4.78, 5) is 6.97. The van der Waals surface area contributed by atoms with E-state index in [-0.39, 0.29) is 0 Å². The molecule has 0 saturated carbocycles. The van der Waals surface area contributed by atoms with Gasteiger partial charge in [0.1, 0.15) is 0 Å². The summed E-state index contributed by atoms with van der Waals surface area (Å²) in [5, 5.41) is 0. The van der Waals surface area contributed by atoms with Gasteiger partial charge in [0.15, 0.2) is 0 Å². The molecule has 4 nitrogen and oxygen atoms in total. The van der Waals surface area contributed by atoms with E-state index in [0.29, 0.717) is 12.0 Å². The third-order valence-corrected chi connectivity index (χ3v) is 4.47. The molecule has 1 aliphatic rings. The number of likely N-dealkylation sites (tertiary alicyclic amines) is 1. The van der Waals surface area contributed by atoms with Crippen LogP contribution in [0.3, 0.4) is 0 Å². The number of anilines is 1. The molecule has 0 aliphatic carbocycles. The Morgan fingerprint density at radius 3 is 3.11 bits per heavy atom. The molecule has 2 aromatic rings. The Balaban J connectivity index is 2.03. The summed E-state index contributed by atoms with van der Waals surface area (Å²) in [6.07, 6.45) is 2.41. The first-order valence-electron chi connectivity index (χ1n) is 6.84. The number of rotatable bonds is 2. The SMILES string of the molecule is CCN1CCCC(n2c(N)nc3ccc(Br)cc32)C1. The lowest BCUT2D eigenvalue weighted by molar-refractivity contribution is 0.188. The van der Waals surface area contributed by atoms with Gasteiger partial charge in [-0.2, -0.15) is 0 Å². The molecule has 1 aliphatic heterocycles. The van der Waals surface area contributed by atoms with Crippen LogP contribution in [0.5, 0.6) is 0 Å². The Morgan fingerprint density at radius 2 is 2.32 bits per heavy atom. The number of likely N-dealkylation sites (N-methyl/N-ethyl adjacent to an activating group) is 1. The van der Waals surface area contributed by atoms with E-state index in [1.54, 1.807) is 0 Å². The number of imidazole rings is 1. The van der Waals surface area contributed by atoms with Crippen molar-refractivity contribution in [2.24, 2.45) is 0 Å². The molecule has 1 fully saturated rings. The Hall–Kier alpha value is -1.07. The molecule has 1 saturated heterocycles. The quantitative estimate of drug-likeness (QED) is 0.924. The van der Waals surface area contributed by atoms with E-state index >= 15 is 0 Å². The Morgan fingerprint density at radius 1 is 1.47 bits per heavy atom. The number of nitrogens with two attached hydrogens (primary N) is 1. The first-order valence-corrected chi connectivity index (χ1v) is 7.63. The average Bonchev–Trinajstić information content (AvgIpc) is 2.74. The second kappa shape index (κ2) is 5.13. The molecule has 1 aromatic carbocycles. The zero-order chi connectivity index (χ0) is 13.4. The highest BCUT2D eigenvalue weighted by Crippen LogP contribution is 2.30. The Labute approximate surface area is 121 Å². The van der Waals surface area contributed by atoms with E-state index in [2.05, 4.69) is 43.4 Å². The Bertz CT molecular complexity index is 592. The zero-order valence-electron chi connectivity index (χ0n) is 11.1. The van der Waals surface area contributed by atoms with E-state index < -0.39 is 0 Å². The number of hydrogen-bond donors (Lipinski definition) is 1. The fourth-order valence-corrected chi connectivity index (χ4v) is 3.35. The van der Waals surface area contributed by atoms with Crippen molar-refractivity contribution < 1.29 is 0 Å². The molecule has 102 valence electrons. The average molecular weight is 323 g/mol. The molecule has 0 bridgehead atoms. The minimum absolute atomic E-state index is 0.438. The molecule has 1 atom stereocenters. The predicted molar refractivity (Wildman–Crippen MR) is 82.2 cm³/mol. The van der Waals surface area contributed by atoms with Crippen molar-refractivity contribution in [3.8, 4) is 0 Å². The van der Waals surface area contributed by atoms with Crippen molar-refractivity contribution in [1.29, 1.82) is 0 Å². The van der Waals surface area contributed by atoms with Gasteiger partial charge in [-0.15, -0.1) is 0 Å². The normalized spacial score (nSPS) is 21.1. The van der Waals surface area contributed by atoms with Crippen LogP contribution in [-0.2, 0) is 0 Å². The fraction of sp³-hybridized carbons (Fsp3) is 0.500. The lowest BCUT2D eigenvalue weighted by atomic mass is 10.1. The second-order valence-electron chi connectivity index (χ2n) is 5.16. The van der Waals surface area contributed by atoms with Crippen molar-refractivity contribution in [3.63, 3.8) is 0 Å². The maximum absolute atomic E-state index is 6.14. The standard InChI is InChI=1S/C14H19BrN4/c1-2-18-7-3-4-11(9-18)19-13-8-10(15)5-6-12(13)17-14(19)16/h5-6,8,11H,2-4,7,9H2,1H3,(H2,16,17). The summed E-state index contributed by atoms with van der Waals surface area (Å²) < 4.78 is 3.28. The van der Waals surface area contributed by atoms with Gasteiger partial charge in [0.05, 0.1) is 11.0 Å². The highest BCUT2D eigenvalue weighted by Gasteiger charge is 2.23. The molecule has 1 unspecified atom stereocenters. The summed E-state index contributed by atoms with van der Waals surface area (Å²) >= 11 is 3.53. The van der Waals surface area contributed by atoms with Crippen molar-refractivity contribution >= 4 is 32.9 Å². The van der Waals surface area contributed by atoms with Crippen LogP contribution in [0.2, 0.25) is 0 Å². The molecule has 19 heavy (non-hydrogen) atoms. The number of halogens is 1. The Kier molecular flexibility index (Phi) is 3.50. The second-order valence-corrected chi connectivity index (χ2v) is 6.08. The number of fused-ring (bicyclic) bond motifs is 1. The highest BCUT2D eigenvalue weighted by atomic mass is 79.9. The molecule has 3 rings (SSSR count). The molecule has 0 radical (unpaired) electrons. The van der Waals surface area contributed by atoms with E-state index in [1.165, 1.54) is 19.4 Å². The van der Waals surface area contributed by atoms with E-state index in [1.807, 2.05) is 12.1 Å². The molecule has 0 amide bonds. The van der Waals surface area contributed by atoms with Gasteiger partial charge in [0, 0.05) is 17.1 Å². The summed E-state index contributed by atoms with van der Waals surface area (Å²) in [5.74, 6) is 0.635. The van der Waals surface area contributed by atoms with Crippen LogP contribution in [0.25, 0.3) is 11.0 Å². The monoisotopic (exact) mass is 322 g/mol. The lowest BCUT2D eigenvalue weighted by Crippen LogP contribution is -2.36. The minimum Gasteiger partial charge on any atom is -0.369 e. The van der Waals surface area contributed by atoms with Gasteiger partial charge >= 0.3 is 0 Å². The molecular formula is C14H19BrN4. The van der Waals surface area contributed by atoms with Crippen molar-refractivity contribution in [3.05, 3.63) is 22.7 Å². The van der Waals surface area contributed by atoms with Crippen LogP contribution in [0.4, 0.5) is 5.95 Å². The fourth-order valence-electron chi connectivity index (χ4n) is 3.00. The summed E-state index contributed by atoms with van der Waals surface area (Å²) in [6.45, 7) is 5.59. The summed E-state index contributed by atoms with van der Waals surface area (Å²) in [7, 11) is 0. The molecule has 2 heterocycles. The van der Waals surface area contributed by atoms with Gasteiger partial charge in [-0.1, -0.05) is 22.9 Å². The van der Waals surface area contributed by atoms with Gasteiger partial charge in [-0.3, -0.25) is 0 Å². The van der Waals surface area contributed by atoms with E-state index in [9.17, 15) is 0 Å². The van der Waals surface area contributed by atoms with E-state index in [4.69, 9.17) is 5.73 Å².